The molecule has 24 heavy (non-hydrogen) atoms. The third-order valence-corrected chi connectivity index (χ3v) is 4.76. The molecule has 6 heteroatoms. The fourth-order valence-electron chi connectivity index (χ4n) is 3.16. The summed E-state index contributed by atoms with van der Waals surface area (Å²) in [4.78, 5) is 9.11. The Kier molecular flexibility index (Phi) is 10.0. The van der Waals surface area contributed by atoms with E-state index in [0.29, 0.717) is 5.92 Å². The van der Waals surface area contributed by atoms with Gasteiger partial charge in [0.1, 0.15) is 0 Å². The number of rotatable bonds is 5. The molecule has 2 rings (SSSR count). The molecular weight excluding hydrogens is 435 g/mol. The van der Waals surface area contributed by atoms with Crippen LogP contribution in [0.4, 0.5) is 0 Å². The molecule has 0 radical (unpaired) electrons. The van der Waals surface area contributed by atoms with E-state index < -0.39 is 0 Å². The average Bonchev–Trinajstić information content (AvgIpc) is 2.57. The Morgan fingerprint density at radius 3 is 2.71 bits per heavy atom. The van der Waals surface area contributed by atoms with Crippen LogP contribution >= 0.6 is 35.6 Å². The van der Waals surface area contributed by atoms with Gasteiger partial charge in [0, 0.05) is 38.8 Å². The number of piperidine rings is 1. The van der Waals surface area contributed by atoms with Crippen LogP contribution in [0.2, 0.25) is 5.02 Å². The lowest BCUT2D eigenvalue weighted by Crippen LogP contribution is -2.44. The van der Waals surface area contributed by atoms with Crippen molar-refractivity contribution in [1.82, 2.24) is 15.1 Å². The van der Waals surface area contributed by atoms with Crippen LogP contribution in [-0.4, -0.2) is 56.0 Å². The Bertz CT molecular complexity index is 506. The van der Waals surface area contributed by atoms with Gasteiger partial charge in [0.2, 0.25) is 0 Å². The second kappa shape index (κ2) is 11.2. The van der Waals surface area contributed by atoms with Crippen LogP contribution in [-0.2, 0) is 6.54 Å². The van der Waals surface area contributed by atoms with Gasteiger partial charge >= 0.3 is 0 Å². The summed E-state index contributed by atoms with van der Waals surface area (Å²) >= 11 is 5.94. The lowest BCUT2D eigenvalue weighted by Gasteiger charge is -2.33. The molecule has 0 aromatic heterocycles. The van der Waals surface area contributed by atoms with Crippen molar-refractivity contribution in [2.45, 2.75) is 26.3 Å². The summed E-state index contributed by atoms with van der Waals surface area (Å²) in [5.41, 5.74) is 1.23. The zero-order valence-corrected chi connectivity index (χ0v) is 18.1. The molecule has 1 heterocycles. The first-order valence-corrected chi connectivity index (χ1v) is 8.88. The molecule has 1 fully saturated rings. The first kappa shape index (κ1) is 21.5. The number of aliphatic imine (C=N–C) groups is 1. The number of hydrogen-bond donors (Lipinski definition) is 1. The summed E-state index contributed by atoms with van der Waals surface area (Å²) < 4.78 is 0. The highest BCUT2D eigenvalue weighted by atomic mass is 127. The van der Waals surface area contributed by atoms with Crippen LogP contribution in [0.5, 0.6) is 0 Å². The monoisotopic (exact) mass is 464 g/mol. The number of benzene rings is 1. The molecule has 1 aromatic rings. The van der Waals surface area contributed by atoms with E-state index in [9.17, 15) is 0 Å². The Morgan fingerprint density at radius 2 is 2.08 bits per heavy atom. The third-order valence-electron chi connectivity index (χ3n) is 4.51. The van der Waals surface area contributed by atoms with E-state index in [2.05, 4.69) is 46.2 Å². The summed E-state index contributed by atoms with van der Waals surface area (Å²) in [6.07, 6.45) is 2.61. The molecule has 0 saturated carbocycles. The van der Waals surface area contributed by atoms with Crippen molar-refractivity contribution >= 4 is 41.5 Å². The maximum atomic E-state index is 5.94. The molecule has 1 saturated heterocycles. The van der Waals surface area contributed by atoms with Gasteiger partial charge in [-0.25, -0.2) is 0 Å². The van der Waals surface area contributed by atoms with E-state index in [4.69, 9.17) is 11.6 Å². The smallest absolute Gasteiger partial charge is 0.193 e. The highest BCUT2D eigenvalue weighted by molar-refractivity contribution is 14.0. The molecular formula is C18H30ClIN4. The Hall–Kier alpha value is -0.530. The molecule has 1 aliphatic heterocycles. The number of nitrogens with one attached hydrogen (secondary N) is 1. The van der Waals surface area contributed by atoms with Crippen molar-refractivity contribution in [3.8, 4) is 0 Å². The maximum Gasteiger partial charge on any atom is 0.193 e. The first-order chi connectivity index (χ1) is 11.1. The van der Waals surface area contributed by atoms with Gasteiger partial charge in [-0.1, -0.05) is 30.7 Å². The highest BCUT2D eigenvalue weighted by Gasteiger charge is 2.19. The minimum Gasteiger partial charge on any atom is -0.356 e. The highest BCUT2D eigenvalue weighted by Crippen LogP contribution is 2.15. The Labute approximate surface area is 168 Å². The summed E-state index contributed by atoms with van der Waals surface area (Å²) in [5.74, 6) is 1.66. The number of halogens is 2. The molecule has 1 aromatic carbocycles. The molecule has 0 spiro atoms. The molecule has 136 valence electrons. The van der Waals surface area contributed by atoms with Gasteiger partial charge < -0.3 is 15.1 Å². The van der Waals surface area contributed by atoms with Crippen LogP contribution < -0.4 is 5.32 Å². The van der Waals surface area contributed by atoms with Crippen molar-refractivity contribution in [3.63, 3.8) is 0 Å². The quantitative estimate of drug-likeness (QED) is 0.409. The molecule has 0 amide bonds. The third kappa shape index (κ3) is 6.76. The van der Waals surface area contributed by atoms with Gasteiger partial charge in [-0.15, -0.1) is 24.0 Å². The Morgan fingerprint density at radius 1 is 1.38 bits per heavy atom. The van der Waals surface area contributed by atoms with E-state index in [1.807, 2.05) is 19.2 Å². The molecule has 1 aliphatic rings. The van der Waals surface area contributed by atoms with Gasteiger partial charge in [-0.2, -0.15) is 0 Å². The molecule has 1 atom stereocenters. The van der Waals surface area contributed by atoms with E-state index in [1.165, 1.54) is 31.5 Å². The van der Waals surface area contributed by atoms with E-state index in [-0.39, 0.29) is 24.0 Å². The zero-order chi connectivity index (χ0) is 16.7. The molecule has 1 N–H and O–H groups in total. The van der Waals surface area contributed by atoms with Gasteiger partial charge in [-0.3, -0.25) is 4.99 Å². The standard InChI is InChI=1S/C18H29ClN4.HI/c1-4-23-11-5-6-16(14-23)12-21-18(20-2)22(3)13-15-7-9-17(19)10-8-15;/h7-10,16H,4-6,11-14H2,1-3H3,(H,20,21);1H. The number of hydrogen-bond acceptors (Lipinski definition) is 2. The number of likely N-dealkylation sites (tertiary alicyclic amines) is 1. The summed E-state index contributed by atoms with van der Waals surface area (Å²) in [6, 6.07) is 7.99. The second-order valence-corrected chi connectivity index (χ2v) is 6.75. The SMILES string of the molecule is CCN1CCCC(CNC(=NC)N(C)Cc2ccc(Cl)cc2)C1.I. The van der Waals surface area contributed by atoms with Crippen LogP contribution in [0.15, 0.2) is 29.3 Å². The molecule has 4 nitrogen and oxygen atoms in total. The first-order valence-electron chi connectivity index (χ1n) is 8.51. The van der Waals surface area contributed by atoms with Crippen molar-refractivity contribution in [2.75, 3.05) is 40.3 Å². The van der Waals surface area contributed by atoms with Crippen LogP contribution in [0, 0.1) is 5.92 Å². The van der Waals surface area contributed by atoms with Gasteiger partial charge in [0.25, 0.3) is 0 Å². The number of guanidine groups is 1. The Balaban J connectivity index is 0.00000288. The van der Waals surface area contributed by atoms with Crippen molar-refractivity contribution in [2.24, 2.45) is 10.9 Å². The minimum absolute atomic E-state index is 0. The normalized spacial score (nSPS) is 18.8. The topological polar surface area (TPSA) is 30.9 Å². The lowest BCUT2D eigenvalue weighted by atomic mass is 9.98. The molecule has 0 bridgehead atoms. The fourth-order valence-corrected chi connectivity index (χ4v) is 3.29. The fraction of sp³-hybridized carbons (Fsp3) is 0.611. The average molecular weight is 465 g/mol. The predicted molar refractivity (Wildman–Crippen MR) is 115 cm³/mol. The predicted octanol–water partition coefficient (Wildman–Crippen LogP) is 3.70. The summed E-state index contributed by atoms with van der Waals surface area (Å²) in [5, 5.41) is 4.31. The van der Waals surface area contributed by atoms with E-state index in [1.54, 1.807) is 0 Å². The van der Waals surface area contributed by atoms with Gasteiger partial charge in [0.05, 0.1) is 0 Å². The van der Waals surface area contributed by atoms with E-state index >= 15 is 0 Å². The van der Waals surface area contributed by atoms with Crippen molar-refractivity contribution in [3.05, 3.63) is 34.9 Å². The van der Waals surface area contributed by atoms with E-state index in [0.717, 1.165) is 30.6 Å². The molecule has 0 aliphatic carbocycles. The number of nitrogens with zero attached hydrogens (tertiary/aromatic N) is 3. The van der Waals surface area contributed by atoms with Crippen LogP contribution in [0.3, 0.4) is 0 Å². The van der Waals surface area contributed by atoms with Crippen molar-refractivity contribution in [1.29, 1.82) is 0 Å². The minimum atomic E-state index is 0. The molecule has 1 unspecified atom stereocenters. The largest absolute Gasteiger partial charge is 0.356 e. The van der Waals surface area contributed by atoms with Crippen LogP contribution in [0.1, 0.15) is 25.3 Å². The lowest BCUT2D eigenvalue weighted by molar-refractivity contribution is 0.183. The summed E-state index contributed by atoms with van der Waals surface area (Å²) in [6.45, 7) is 7.66. The zero-order valence-electron chi connectivity index (χ0n) is 15.0. The van der Waals surface area contributed by atoms with Crippen molar-refractivity contribution < 1.29 is 0 Å². The van der Waals surface area contributed by atoms with Gasteiger partial charge in [0.15, 0.2) is 5.96 Å². The van der Waals surface area contributed by atoms with Gasteiger partial charge in [-0.05, 0) is 49.5 Å². The second-order valence-electron chi connectivity index (χ2n) is 6.31. The maximum absolute atomic E-state index is 5.94. The summed E-state index contributed by atoms with van der Waals surface area (Å²) in [7, 11) is 3.92. The van der Waals surface area contributed by atoms with Crippen LogP contribution in [0.25, 0.3) is 0 Å².